The van der Waals surface area contributed by atoms with Gasteiger partial charge >= 0.3 is 6.03 Å². The quantitative estimate of drug-likeness (QED) is 0.844. The first-order chi connectivity index (χ1) is 10.1. The van der Waals surface area contributed by atoms with E-state index in [2.05, 4.69) is 67.6 Å². The molecule has 0 aliphatic heterocycles. The molecule has 1 rings (SSSR count). The van der Waals surface area contributed by atoms with Crippen molar-refractivity contribution in [3.63, 3.8) is 0 Å². The number of carbonyl (C=O) groups excluding carboxylic acids is 1. The van der Waals surface area contributed by atoms with Gasteiger partial charge in [0.15, 0.2) is 0 Å². The van der Waals surface area contributed by atoms with Crippen molar-refractivity contribution < 1.29 is 4.79 Å². The number of thiazole rings is 1. The summed E-state index contributed by atoms with van der Waals surface area (Å²) >= 11 is 1.60. The van der Waals surface area contributed by atoms with Crippen LogP contribution < -0.4 is 10.6 Å². The average Bonchev–Trinajstić information content (AvgIpc) is 2.87. The molecule has 0 aromatic carbocycles. The Hall–Kier alpha value is -1.14. The number of nitrogens with one attached hydrogen (secondary N) is 2. The molecule has 0 fully saturated rings. The lowest BCUT2D eigenvalue weighted by Gasteiger charge is -2.21. The first-order valence-corrected chi connectivity index (χ1v) is 8.69. The fourth-order valence-corrected chi connectivity index (χ4v) is 2.80. The second kappa shape index (κ2) is 7.92. The minimum absolute atomic E-state index is 0.0398. The van der Waals surface area contributed by atoms with E-state index in [9.17, 15) is 4.79 Å². The topological polar surface area (TPSA) is 57.3 Å². The highest BCUT2D eigenvalue weighted by Gasteiger charge is 2.20. The van der Waals surface area contributed by atoms with Crippen LogP contribution in [-0.2, 0) is 5.41 Å². The summed E-state index contributed by atoms with van der Waals surface area (Å²) in [5.74, 6) is 0. The Morgan fingerprint density at radius 1 is 1.36 bits per heavy atom. The summed E-state index contributed by atoms with van der Waals surface area (Å²) in [5.41, 5.74) is 1.11. The van der Waals surface area contributed by atoms with E-state index < -0.39 is 0 Å². The van der Waals surface area contributed by atoms with Gasteiger partial charge in [0.05, 0.1) is 11.7 Å². The summed E-state index contributed by atoms with van der Waals surface area (Å²) in [5, 5.41) is 8.85. The number of carbonyl (C=O) groups is 1. The van der Waals surface area contributed by atoms with Crippen LogP contribution in [0.5, 0.6) is 0 Å². The summed E-state index contributed by atoms with van der Waals surface area (Å²) < 4.78 is 0. The Kier molecular flexibility index (Phi) is 6.81. The van der Waals surface area contributed by atoms with Crippen molar-refractivity contribution in [3.8, 4) is 0 Å². The number of likely N-dealkylation sites (N-methyl/N-ethyl adjacent to an activating group) is 1. The zero-order valence-electron chi connectivity index (χ0n) is 14.9. The number of hydrogen-bond donors (Lipinski definition) is 2. The second-order valence-corrected chi connectivity index (χ2v) is 7.91. The lowest BCUT2D eigenvalue weighted by molar-refractivity contribution is 0.232. The molecule has 1 atom stereocenters. The van der Waals surface area contributed by atoms with Crippen LogP contribution >= 0.6 is 11.3 Å². The SMILES string of the molecule is CC(NC(=O)NCCN(C)C(C)C)c1nc(C(C)(C)C)cs1. The standard InChI is InChI=1S/C16H30N4OS/c1-11(2)20(7)9-8-17-15(21)18-12(3)14-19-13(10-22-14)16(4,5)6/h10-12H,8-9H2,1-7H3,(H2,17,18,21). The van der Waals surface area contributed by atoms with Crippen LogP contribution in [0.25, 0.3) is 0 Å². The Morgan fingerprint density at radius 3 is 2.50 bits per heavy atom. The van der Waals surface area contributed by atoms with Crippen molar-refractivity contribution in [3.05, 3.63) is 16.1 Å². The molecule has 0 radical (unpaired) electrons. The third-order valence-corrected chi connectivity index (χ3v) is 4.67. The highest BCUT2D eigenvalue weighted by molar-refractivity contribution is 7.09. The van der Waals surface area contributed by atoms with Crippen molar-refractivity contribution in [1.29, 1.82) is 0 Å². The molecule has 1 unspecified atom stereocenters. The zero-order chi connectivity index (χ0) is 16.9. The molecule has 22 heavy (non-hydrogen) atoms. The fraction of sp³-hybridized carbons (Fsp3) is 0.750. The van der Waals surface area contributed by atoms with Gasteiger partial charge in [0.25, 0.3) is 0 Å². The lowest BCUT2D eigenvalue weighted by Crippen LogP contribution is -2.41. The van der Waals surface area contributed by atoms with E-state index in [4.69, 9.17) is 0 Å². The summed E-state index contributed by atoms with van der Waals surface area (Å²) in [6.45, 7) is 14.1. The van der Waals surface area contributed by atoms with Crippen LogP contribution in [0.15, 0.2) is 5.38 Å². The van der Waals surface area contributed by atoms with Gasteiger partial charge in [0, 0.05) is 29.9 Å². The molecule has 2 amide bonds. The molecule has 0 saturated carbocycles. The Balaban J connectivity index is 2.43. The molecule has 6 heteroatoms. The molecule has 0 bridgehead atoms. The molecule has 0 saturated heterocycles. The van der Waals surface area contributed by atoms with E-state index in [0.717, 1.165) is 17.2 Å². The molecule has 1 aromatic heterocycles. The van der Waals surface area contributed by atoms with Crippen molar-refractivity contribution in [2.75, 3.05) is 20.1 Å². The number of rotatable bonds is 6. The molecule has 1 aromatic rings. The number of aromatic nitrogens is 1. The smallest absolute Gasteiger partial charge is 0.315 e. The van der Waals surface area contributed by atoms with Gasteiger partial charge in [0.1, 0.15) is 5.01 Å². The fourth-order valence-electron chi connectivity index (χ4n) is 1.74. The Morgan fingerprint density at radius 2 is 2.00 bits per heavy atom. The van der Waals surface area contributed by atoms with Gasteiger partial charge in [-0.3, -0.25) is 0 Å². The maximum absolute atomic E-state index is 11.9. The molecular formula is C16H30N4OS. The monoisotopic (exact) mass is 326 g/mol. The average molecular weight is 327 g/mol. The zero-order valence-corrected chi connectivity index (χ0v) is 15.7. The van der Waals surface area contributed by atoms with Crippen molar-refractivity contribution in [1.82, 2.24) is 20.5 Å². The molecule has 126 valence electrons. The molecule has 0 aliphatic carbocycles. The summed E-state index contributed by atoms with van der Waals surface area (Å²) in [7, 11) is 2.05. The summed E-state index contributed by atoms with van der Waals surface area (Å²) in [4.78, 5) is 18.7. The maximum Gasteiger partial charge on any atom is 0.315 e. The maximum atomic E-state index is 11.9. The van der Waals surface area contributed by atoms with Crippen molar-refractivity contribution >= 4 is 17.4 Å². The van der Waals surface area contributed by atoms with E-state index in [1.807, 2.05) is 6.92 Å². The molecule has 0 spiro atoms. The first kappa shape index (κ1) is 18.9. The molecule has 5 nitrogen and oxygen atoms in total. The van der Waals surface area contributed by atoms with Gasteiger partial charge in [0.2, 0.25) is 0 Å². The van der Waals surface area contributed by atoms with Crippen LogP contribution in [0, 0.1) is 0 Å². The minimum atomic E-state index is -0.142. The predicted molar refractivity (Wildman–Crippen MR) is 93.5 cm³/mol. The van der Waals surface area contributed by atoms with Gasteiger partial charge in [-0.2, -0.15) is 0 Å². The van der Waals surface area contributed by atoms with E-state index >= 15 is 0 Å². The van der Waals surface area contributed by atoms with E-state index in [-0.39, 0.29) is 17.5 Å². The van der Waals surface area contributed by atoms with Gasteiger partial charge in [-0.05, 0) is 27.8 Å². The Bertz CT molecular complexity index is 479. The third kappa shape index (κ3) is 5.93. The van der Waals surface area contributed by atoms with E-state index in [0.29, 0.717) is 12.6 Å². The van der Waals surface area contributed by atoms with Crippen LogP contribution in [0.4, 0.5) is 4.79 Å². The van der Waals surface area contributed by atoms with Crippen LogP contribution in [-0.4, -0.2) is 42.1 Å². The van der Waals surface area contributed by atoms with Crippen molar-refractivity contribution in [2.24, 2.45) is 0 Å². The van der Waals surface area contributed by atoms with Gasteiger partial charge < -0.3 is 15.5 Å². The van der Waals surface area contributed by atoms with Gasteiger partial charge in [-0.1, -0.05) is 20.8 Å². The highest BCUT2D eigenvalue weighted by atomic mass is 32.1. The van der Waals surface area contributed by atoms with Crippen LogP contribution in [0.2, 0.25) is 0 Å². The van der Waals surface area contributed by atoms with Crippen LogP contribution in [0.3, 0.4) is 0 Å². The van der Waals surface area contributed by atoms with Gasteiger partial charge in [-0.15, -0.1) is 11.3 Å². The first-order valence-electron chi connectivity index (χ1n) is 7.81. The summed E-state index contributed by atoms with van der Waals surface area (Å²) in [6, 6.07) is 0.260. The molecule has 1 heterocycles. The van der Waals surface area contributed by atoms with E-state index in [1.165, 1.54) is 0 Å². The second-order valence-electron chi connectivity index (χ2n) is 7.02. The predicted octanol–water partition coefficient (Wildman–Crippen LogP) is 3.14. The van der Waals surface area contributed by atoms with Crippen molar-refractivity contribution in [2.45, 2.75) is 59.0 Å². The summed E-state index contributed by atoms with van der Waals surface area (Å²) in [6.07, 6.45) is 0. The molecule has 2 N–H and O–H groups in total. The number of nitrogens with zero attached hydrogens (tertiary/aromatic N) is 2. The van der Waals surface area contributed by atoms with Crippen LogP contribution in [0.1, 0.15) is 58.3 Å². The van der Waals surface area contributed by atoms with Gasteiger partial charge in [-0.25, -0.2) is 9.78 Å². The molecular weight excluding hydrogens is 296 g/mol. The number of amides is 2. The number of urea groups is 1. The number of hydrogen-bond acceptors (Lipinski definition) is 4. The molecule has 0 aliphatic rings. The third-order valence-electron chi connectivity index (χ3n) is 3.64. The highest BCUT2D eigenvalue weighted by Crippen LogP contribution is 2.26. The largest absolute Gasteiger partial charge is 0.337 e. The minimum Gasteiger partial charge on any atom is -0.337 e. The lowest BCUT2D eigenvalue weighted by atomic mass is 9.93. The normalized spacial score (nSPS) is 13.5. The Labute approximate surface area is 138 Å². The van der Waals surface area contributed by atoms with E-state index in [1.54, 1.807) is 11.3 Å².